The fraction of sp³-hybridized carbons (Fsp3) is 0.391. The summed E-state index contributed by atoms with van der Waals surface area (Å²) in [5.41, 5.74) is 1.30. The van der Waals surface area contributed by atoms with Crippen LogP contribution in [0.15, 0.2) is 53.4 Å². The molecular formula is C23H27N3O4S. The summed E-state index contributed by atoms with van der Waals surface area (Å²) in [4.78, 5) is 38.3. The molecule has 0 aromatic heterocycles. The predicted molar refractivity (Wildman–Crippen MR) is 121 cm³/mol. The zero-order valence-electron chi connectivity index (χ0n) is 17.6. The van der Waals surface area contributed by atoms with Crippen molar-refractivity contribution >= 4 is 29.3 Å². The zero-order valence-corrected chi connectivity index (χ0v) is 18.4. The predicted octanol–water partition coefficient (Wildman–Crippen LogP) is 4.41. The summed E-state index contributed by atoms with van der Waals surface area (Å²) in [5, 5.41) is 13.6. The molecule has 164 valence electrons. The first kappa shape index (κ1) is 22.8. The molecule has 0 saturated heterocycles. The van der Waals surface area contributed by atoms with Crippen LogP contribution >= 0.6 is 11.8 Å². The van der Waals surface area contributed by atoms with Gasteiger partial charge in [0.1, 0.15) is 0 Å². The third kappa shape index (κ3) is 6.30. The highest BCUT2D eigenvalue weighted by Gasteiger charge is 2.22. The minimum absolute atomic E-state index is 0.0136. The van der Waals surface area contributed by atoms with Crippen LogP contribution in [0.2, 0.25) is 0 Å². The van der Waals surface area contributed by atoms with E-state index in [0.717, 1.165) is 23.3 Å². The number of amides is 2. The fourth-order valence-corrected chi connectivity index (χ4v) is 4.68. The maximum absolute atomic E-state index is 12.7. The SMILES string of the molecule is CN(C(=O)CSc1ccccc1C(=O)NCc1ccc([N+](=O)[O-])cc1)C1CCCCC1. The Morgan fingerprint density at radius 3 is 2.45 bits per heavy atom. The van der Waals surface area contributed by atoms with Crippen molar-refractivity contribution in [1.29, 1.82) is 0 Å². The number of rotatable bonds is 8. The molecule has 1 fully saturated rings. The average molecular weight is 442 g/mol. The molecule has 0 heterocycles. The summed E-state index contributed by atoms with van der Waals surface area (Å²) < 4.78 is 0. The Kier molecular flexibility index (Phi) is 8.06. The Labute approximate surface area is 186 Å². The molecule has 3 rings (SSSR count). The largest absolute Gasteiger partial charge is 0.348 e. The lowest BCUT2D eigenvalue weighted by molar-refractivity contribution is -0.384. The van der Waals surface area contributed by atoms with Gasteiger partial charge in [0.25, 0.3) is 11.6 Å². The second-order valence-corrected chi connectivity index (χ2v) is 8.70. The van der Waals surface area contributed by atoms with Crippen LogP contribution in [0.4, 0.5) is 5.69 Å². The Balaban J connectivity index is 1.56. The van der Waals surface area contributed by atoms with Gasteiger partial charge in [-0.05, 0) is 30.5 Å². The number of benzene rings is 2. The average Bonchev–Trinajstić information content (AvgIpc) is 2.81. The van der Waals surface area contributed by atoms with Crippen LogP contribution in [0.3, 0.4) is 0 Å². The first-order chi connectivity index (χ1) is 15.0. The van der Waals surface area contributed by atoms with Gasteiger partial charge in [0.05, 0.1) is 16.2 Å². The summed E-state index contributed by atoms with van der Waals surface area (Å²) >= 11 is 1.38. The second kappa shape index (κ2) is 10.9. The third-order valence-electron chi connectivity index (χ3n) is 5.60. The molecule has 2 aromatic rings. The monoisotopic (exact) mass is 441 g/mol. The highest BCUT2D eigenvalue weighted by atomic mass is 32.2. The molecule has 0 atom stereocenters. The maximum Gasteiger partial charge on any atom is 0.269 e. The number of non-ortho nitro benzene ring substituents is 1. The van der Waals surface area contributed by atoms with Crippen LogP contribution in [-0.4, -0.2) is 40.5 Å². The third-order valence-corrected chi connectivity index (χ3v) is 6.66. The first-order valence-electron chi connectivity index (χ1n) is 10.4. The van der Waals surface area contributed by atoms with Gasteiger partial charge in [0.2, 0.25) is 5.91 Å². The highest BCUT2D eigenvalue weighted by molar-refractivity contribution is 8.00. The molecule has 0 spiro atoms. The molecule has 0 unspecified atom stereocenters. The van der Waals surface area contributed by atoms with Crippen LogP contribution in [0, 0.1) is 10.1 Å². The van der Waals surface area contributed by atoms with Crippen molar-refractivity contribution in [2.75, 3.05) is 12.8 Å². The minimum Gasteiger partial charge on any atom is -0.348 e. The summed E-state index contributed by atoms with van der Waals surface area (Å²) in [6.45, 7) is 0.263. The van der Waals surface area contributed by atoms with Crippen molar-refractivity contribution in [3.8, 4) is 0 Å². The molecule has 8 heteroatoms. The van der Waals surface area contributed by atoms with Gasteiger partial charge in [-0.2, -0.15) is 0 Å². The van der Waals surface area contributed by atoms with Gasteiger partial charge in [0.15, 0.2) is 0 Å². The van der Waals surface area contributed by atoms with Gasteiger partial charge in [0, 0.05) is 36.7 Å². The molecule has 1 saturated carbocycles. The number of nitro benzene ring substituents is 1. The summed E-state index contributed by atoms with van der Waals surface area (Å²) in [6, 6.07) is 13.6. The number of thioether (sulfide) groups is 1. The number of hydrogen-bond donors (Lipinski definition) is 1. The smallest absolute Gasteiger partial charge is 0.269 e. The van der Waals surface area contributed by atoms with Crippen LogP contribution in [0.5, 0.6) is 0 Å². The van der Waals surface area contributed by atoms with Crippen molar-refractivity contribution in [1.82, 2.24) is 10.2 Å². The van der Waals surface area contributed by atoms with Gasteiger partial charge in [-0.3, -0.25) is 19.7 Å². The lowest BCUT2D eigenvalue weighted by Gasteiger charge is -2.31. The summed E-state index contributed by atoms with van der Waals surface area (Å²) in [7, 11) is 1.88. The highest BCUT2D eigenvalue weighted by Crippen LogP contribution is 2.26. The molecular weight excluding hydrogens is 414 g/mol. The van der Waals surface area contributed by atoms with Gasteiger partial charge >= 0.3 is 0 Å². The van der Waals surface area contributed by atoms with E-state index in [2.05, 4.69) is 5.32 Å². The van der Waals surface area contributed by atoms with Gasteiger partial charge in [-0.15, -0.1) is 11.8 Å². The molecule has 0 bridgehead atoms. The lowest BCUT2D eigenvalue weighted by atomic mass is 9.94. The number of carbonyl (C=O) groups is 2. The van der Waals surface area contributed by atoms with E-state index in [0.29, 0.717) is 17.4 Å². The van der Waals surface area contributed by atoms with Crippen LogP contribution in [0.25, 0.3) is 0 Å². The molecule has 1 aliphatic rings. The second-order valence-electron chi connectivity index (χ2n) is 7.69. The number of nitrogens with one attached hydrogen (secondary N) is 1. The first-order valence-corrected chi connectivity index (χ1v) is 11.4. The van der Waals surface area contributed by atoms with E-state index in [9.17, 15) is 19.7 Å². The van der Waals surface area contributed by atoms with E-state index in [1.807, 2.05) is 24.1 Å². The van der Waals surface area contributed by atoms with Crippen LogP contribution in [0.1, 0.15) is 48.0 Å². The lowest BCUT2D eigenvalue weighted by Crippen LogP contribution is -2.39. The van der Waals surface area contributed by atoms with E-state index in [1.54, 1.807) is 24.3 Å². The van der Waals surface area contributed by atoms with E-state index in [1.165, 1.54) is 43.2 Å². The van der Waals surface area contributed by atoms with Gasteiger partial charge < -0.3 is 10.2 Å². The molecule has 2 aromatic carbocycles. The van der Waals surface area contributed by atoms with E-state index < -0.39 is 4.92 Å². The maximum atomic E-state index is 12.7. The molecule has 1 N–H and O–H groups in total. The molecule has 31 heavy (non-hydrogen) atoms. The topological polar surface area (TPSA) is 92.6 Å². The van der Waals surface area contributed by atoms with E-state index >= 15 is 0 Å². The Morgan fingerprint density at radius 2 is 1.77 bits per heavy atom. The Hall–Kier alpha value is -2.87. The molecule has 7 nitrogen and oxygen atoms in total. The number of carbonyl (C=O) groups excluding carboxylic acids is 2. The minimum atomic E-state index is -0.456. The fourth-order valence-electron chi connectivity index (χ4n) is 3.71. The van der Waals surface area contributed by atoms with Crippen LogP contribution in [-0.2, 0) is 11.3 Å². The Bertz CT molecular complexity index is 927. The standard InChI is InChI=1S/C23H27N3O4S/c1-25(18-7-3-2-4-8-18)22(27)16-31-21-10-6-5-9-20(21)23(28)24-15-17-11-13-19(14-12-17)26(29)30/h5-6,9-14,18H,2-4,7-8,15-16H2,1H3,(H,24,28). The number of hydrogen-bond acceptors (Lipinski definition) is 5. The van der Waals surface area contributed by atoms with Crippen LogP contribution < -0.4 is 5.32 Å². The normalized spacial score (nSPS) is 14.1. The molecule has 0 aliphatic heterocycles. The van der Waals surface area contributed by atoms with Crippen molar-refractivity contribution in [3.63, 3.8) is 0 Å². The van der Waals surface area contributed by atoms with Gasteiger partial charge in [-0.1, -0.05) is 43.5 Å². The van der Waals surface area contributed by atoms with Gasteiger partial charge in [-0.25, -0.2) is 0 Å². The zero-order chi connectivity index (χ0) is 22.2. The summed E-state index contributed by atoms with van der Waals surface area (Å²) in [5.74, 6) is 0.132. The van der Waals surface area contributed by atoms with Crippen molar-refractivity contribution in [2.24, 2.45) is 0 Å². The van der Waals surface area contributed by atoms with E-state index in [4.69, 9.17) is 0 Å². The summed E-state index contributed by atoms with van der Waals surface area (Å²) in [6.07, 6.45) is 5.72. The molecule has 1 aliphatic carbocycles. The number of nitro groups is 1. The molecule has 0 radical (unpaired) electrons. The Morgan fingerprint density at radius 1 is 1.10 bits per heavy atom. The quantitative estimate of drug-likeness (QED) is 0.372. The number of nitrogens with zero attached hydrogens (tertiary/aromatic N) is 2. The molecule has 2 amide bonds. The van der Waals surface area contributed by atoms with Crippen molar-refractivity contribution in [2.45, 2.75) is 49.6 Å². The van der Waals surface area contributed by atoms with E-state index in [-0.39, 0.29) is 24.0 Å². The van der Waals surface area contributed by atoms with Crippen molar-refractivity contribution in [3.05, 3.63) is 69.8 Å². The van der Waals surface area contributed by atoms with Crippen molar-refractivity contribution < 1.29 is 14.5 Å².